The molecule has 0 saturated carbocycles. The fourth-order valence-electron chi connectivity index (χ4n) is 3.05. The van der Waals surface area contributed by atoms with Gasteiger partial charge in [-0.3, -0.25) is 9.59 Å². The molecular weight excluding hydrogens is 398 g/mol. The van der Waals surface area contributed by atoms with Gasteiger partial charge in [-0.1, -0.05) is 29.8 Å². The zero-order valence-electron chi connectivity index (χ0n) is 18.7. The predicted molar refractivity (Wildman–Crippen MR) is 118 cm³/mol. The van der Waals surface area contributed by atoms with Gasteiger partial charge in [-0.05, 0) is 43.0 Å². The molecule has 0 bridgehead atoms. The Morgan fingerprint density at radius 2 is 1.45 bits per heavy atom. The van der Waals surface area contributed by atoms with Crippen molar-refractivity contribution in [2.24, 2.45) is 0 Å². The molecule has 0 heterocycles. The highest BCUT2D eigenvalue weighted by Gasteiger charge is 2.14. The fourth-order valence-corrected chi connectivity index (χ4v) is 3.05. The highest BCUT2D eigenvalue weighted by atomic mass is 16.5. The number of methoxy groups -OCH3 is 3. The summed E-state index contributed by atoms with van der Waals surface area (Å²) in [7, 11) is 4.63. The Morgan fingerprint density at radius 3 is 2.03 bits per heavy atom. The Bertz CT molecular complexity index is 838. The van der Waals surface area contributed by atoms with Gasteiger partial charge in [0.2, 0.25) is 11.7 Å². The van der Waals surface area contributed by atoms with E-state index in [1.54, 1.807) is 21.3 Å². The maximum atomic E-state index is 12.0. The van der Waals surface area contributed by atoms with Crippen LogP contribution in [-0.2, 0) is 27.2 Å². The van der Waals surface area contributed by atoms with Crippen LogP contribution in [0.25, 0.3) is 0 Å². The van der Waals surface area contributed by atoms with Gasteiger partial charge >= 0.3 is 5.97 Å². The number of carbonyl (C=O) groups excluding carboxylic acids is 2. The van der Waals surface area contributed by atoms with Crippen molar-refractivity contribution in [3.05, 3.63) is 53.1 Å². The van der Waals surface area contributed by atoms with Crippen LogP contribution in [-0.4, -0.2) is 46.4 Å². The lowest BCUT2D eigenvalue weighted by molar-refractivity contribution is -0.143. The number of benzene rings is 2. The van der Waals surface area contributed by atoms with Gasteiger partial charge in [0.05, 0.1) is 27.9 Å². The number of amides is 1. The van der Waals surface area contributed by atoms with Crippen molar-refractivity contribution in [1.29, 1.82) is 0 Å². The fraction of sp³-hybridized carbons (Fsp3) is 0.417. The van der Waals surface area contributed by atoms with Gasteiger partial charge in [-0.2, -0.15) is 0 Å². The molecule has 7 nitrogen and oxygen atoms in total. The molecule has 168 valence electrons. The third-order valence-corrected chi connectivity index (χ3v) is 4.79. The Morgan fingerprint density at radius 1 is 0.839 bits per heavy atom. The number of carbonyl (C=O) groups is 2. The van der Waals surface area contributed by atoms with Gasteiger partial charge in [-0.15, -0.1) is 0 Å². The molecule has 0 aromatic heterocycles. The molecule has 0 fully saturated rings. The van der Waals surface area contributed by atoms with Crippen molar-refractivity contribution in [1.82, 2.24) is 5.32 Å². The summed E-state index contributed by atoms with van der Waals surface area (Å²) in [6.07, 6.45) is 1.76. The number of ether oxygens (including phenoxy) is 4. The second-order valence-corrected chi connectivity index (χ2v) is 7.09. The number of aryl methyl sites for hydroxylation is 3. The normalized spacial score (nSPS) is 10.3. The Balaban J connectivity index is 1.68. The lowest BCUT2D eigenvalue weighted by atomic mass is 10.1. The van der Waals surface area contributed by atoms with Crippen LogP contribution in [0.3, 0.4) is 0 Å². The summed E-state index contributed by atoms with van der Waals surface area (Å²) in [5.74, 6) is 1.20. The topological polar surface area (TPSA) is 83.1 Å². The van der Waals surface area contributed by atoms with E-state index in [4.69, 9.17) is 18.9 Å². The van der Waals surface area contributed by atoms with Crippen molar-refractivity contribution >= 4 is 11.9 Å². The average molecular weight is 430 g/mol. The molecule has 0 radical (unpaired) electrons. The summed E-state index contributed by atoms with van der Waals surface area (Å²) >= 11 is 0. The molecule has 0 spiro atoms. The van der Waals surface area contributed by atoms with Gasteiger partial charge in [0, 0.05) is 12.8 Å². The molecule has 2 rings (SSSR count). The number of esters is 1. The van der Waals surface area contributed by atoms with Crippen LogP contribution in [0.5, 0.6) is 17.2 Å². The van der Waals surface area contributed by atoms with E-state index >= 15 is 0 Å². The molecule has 2 aromatic carbocycles. The minimum absolute atomic E-state index is 0.0611. The standard InChI is InChI=1S/C24H31NO6/c1-17-5-7-18(8-6-17)9-11-22(26)25-13-14-31-23(27)12-10-19-15-20(28-2)24(30-4)21(16-19)29-3/h5-8,15-16H,9-14H2,1-4H3,(H,25,26). The van der Waals surface area contributed by atoms with Crippen molar-refractivity contribution in [2.75, 3.05) is 34.5 Å². The highest BCUT2D eigenvalue weighted by Crippen LogP contribution is 2.38. The molecule has 0 unspecified atom stereocenters. The molecule has 0 aliphatic rings. The molecule has 0 aliphatic heterocycles. The lowest BCUT2D eigenvalue weighted by Crippen LogP contribution is -2.28. The maximum Gasteiger partial charge on any atom is 0.306 e. The zero-order chi connectivity index (χ0) is 22.6. The van der Waals surface area contributed by atoms with E-state index in [1.807, 2.05) is 43.3 Å². The molecular formula is C24H31NO6. The third-order valence-electron chi connectivity index (χ3n) is 4.79. The van der Waals surface area contributed by atoms with E-state index in [9.17, 15) is 9.59 Å². The largest absolute Gasteiger partial charge is 0.493 e. The summed E-state index contributed by atoms with van der Waals surface area (Å²) in [6.45, 7) is 2.47. The zero-order valence-corrected chi connectivity index (χ0v) is 18.7. The first kappa shape index (κ1) is 24.1. The molecule has 1 N–H and O–H groups in total. The van der Waals surface area contributed by atoms with Gasteiger partial charge in [0.1, 0.15) is 6.61 Å². The highest BCUT2D eigenvalue weighted by molar-refractivity contribution is 5.76. The summed E-state index contributed by atoms with van der Waals surface area (Å²) in [5, 5.41) is 2.77. The number of hydrogen-bond donors (Lipinski definition) is 1. The Labute approximate surface area is 183 Å². The molecule has 31 heavy (non-hydrogen) atoms. The van der Waals surface area contributed by atoms with Crippen LogP contribution >= 0.6 is 0 Å². The molecule has 0 aliphatic carbocycles. The maximum absolute atomic E-state index is 12.0. The number of nitrogens with one attached hydrogen (secondary N) is 1. The predicted octanol–water partition coefficient (Wildman–Crippen LogP) is 3.25. The second-order valence-electron chi connectivity index (χ2n) is 7.09. The number of rotatable bonds is 12. The SMILES string of the molecule is COc1cc(CCC(=O)OCCNC(=O)CCc2ccc(C)cc2)cc(OC)c1OC. The van der Waals surface area contributed by atoms with Gasteiger partial charge in [0.15, 0.2) is 11.5 Å². The summed E-state index contributed by atoms with van der Waals surface area (Å²) in [6, 6.07) is 11.7. The molecule has 7 heteroatoms. The van der Waals surface area contributed by atoms with E-state index < -0.39 is 0 Å². The minimum atomic E-state index is -0.331. The lowest BCUT2D eigenvalue weighted by Gasteiger charge is -2.14. The van der Waals surface area contributed by atoms with E-state index in [0.29, 0.717) is 43.1 Å². The average Bonchev–Trinajstić information content (AvgIpc) is 2.79. The quantitative estimate of drug-likeness (QED) is 0.412. The molecule has 0 atom stereocenters. The summed E-state index contributed by atoms with van der Waals surface area (Å²) < 4.78 is 21.1. The Kier molecular flexibility index (Phi) is 9.68. The molecule has 0 saturated heterocycles. The van der Waals surface area contributed by atoms with Crippen molar-refractivity contribution in [2.45, 2.75) is 32.6 Å². The van der Waals surface area contributed by atoms with Crippen LogP contribution in [0.2, 0.25) is 0 Å². The first-order valence-corrected chi connectivity index (χ1v) is 10.2. The monoisotopic (exact) mass is 429 g/mol. The third kappa shape index (κ3) is 7.85. The van der Waals surface area contributed by atoms with Crippen LogP contribution in [0.4, 0.5) is 0 Å². The molecule has 1 amide bonds. The van der Waals surface area contributed by atoms with E-state index in [1.165, 1.54) is 5.56 Å². The smallest absolute Gasteiger partial charge is 0.306 e. The van der Waals surface area contributed by atoms with Gasteiger partial charge in [0.25, 0.3) is 0 Å². The van der Waals surface area contributed by atoms with E-state index in [2.05, 4.69) is 5.32 Å². The van der Waals surface area contributed by atoms with Crippen molar-refractivity contribution in [3.8, 4) is 17.2 Å². The van der Waals surface area contributed by atoms with Crippen LogP contribution in [0.15, 0.2) is 36.4 Å². The van der Waals surface area contributed by atoms with E-state index in [0.717, 1.165) is 11.1 Å². The van der Waals surface area contributed by atoms with E-state index in [-0.39, 0.29) is 24.9 Å². The van der Waals surface area contributed by atoms with Crippen LogP contribution in [0, 0.1) is 6.92 Å². The van der Waals surface area contributed by atoms with Crippen molar-refractivity contribution in [3.63, 3.8) is 0 Å². The Hall–Kier alpha value is -3.22. The summed E-state index contributed by atoms with van der Waals surface area (Å²) in [5.41, 5.74) is 3.19. The van der Waals surface area contributed by atoms with Gasteiger partial charge < -0.3 is 24.3 Å². The minimum Gasteiger partial charge on any atom is -0.493 e. The number of hydrogen-bond acceptors (Lipinski definition) is 6. The van der Waals surface area contributed by atoms with Crippen molar-refractivity contribution < 1.29 is 28.5 Å². The van der Waals surface area contributed by atoms with Crippen LogP contribution < -0.4 is 19.5 Å². The van der Waals surface area contributed by atoms with Crippen LogP contribution in [0.1, 0.15) is 29.5 Å². The molecule has 2 aromatic rings. The first-order chi connectivity index (χ1) is 15.0. The second kappa shape index (κ2) is 12.5. The first-order valence-electron chi connectivity index (χ1n) is 10.2. The van der Waals surface area contributed by atoms with Gasteiger partial charge in [-0.25, -0.2) is 0 Å². The summed E-state index contributed by atoms with van der Waals surface area (Å²) in [4.78, 5) is 23.9.